The van der Waals surface area contributed by atoms with Gasteiger partial charge in [0.15, 0.2) is 0 Å². The topological polar surface area (TPSA) is 55.1 Å². The van der Waals surface area contributed by atoms with E-state index in [2.05, 4.69) is 5.32 Å². The van der Waals surface area contributed by atoms with Crippen molar-refractivity contribution in [1.29, 1.82) is 0 Å². The Morgan fingerprint density at radius 1 is 1.10 bits per heavy atom. The average Bonchev–Trinajstić information content (AvgIpc) is 2.96. The van der Waals surface area contributed by atoms with Gasteiger partial charge in [-0.25, -0.2) is 0 Å². The van der Waals surface area contributed by atoms with Crippen LogP contribution in [-0.2, 0) is 0 Å². The number of hydrogen-bond acceptors (Lipinski definition) is 2. The van der Waals surface area contributed by atoms with E-state index in [1.807, 2.05) is 42.5 Å². The summed E-state index contributed by atoms with van der Waals surface area (Å²) in [5.74, 6) is -0.0958. The zero-order valence-corrected chi connectivity index (χ0v) is 12.6. The van der Waals surface area contributed by atoms with Crippen LogP contribution in [0.25, 0.3) is 10.8 Å². The Morgan fingerprint density at radius 3 is 2.48 bits per heavy atom. The SMILES string of the molecule is NC(=S)C1(NC(=O)c2cccc3ccccc23)CCCC1. The van der Waals surface area contributed by atoms with Crippen LogP contribution in [0.3, 0.4) is 0 Å². The van der Waals surface area contributed by atoms with Gasteiger partial charge in [0, 0.05) is 5.56 Å². The van der Waals surface area contributed by atoms with E-state index in [1.54, 1.807) is 0 Å². The van der Waals surface area contributed by atoms with E-state index in [1.165, 1.54) is 0 Å². The second kappa shape index (κ2) is 5.45. The van der Waals surface area contributed by atoms with Crippen molar-refractivity contribution < 1.29 is 4.79 Å². The number of nitrogens with two attached hydrogens (primary N) is 1. The number of fused-ring (bicyclic) bond motifs is 1. The van der Waals surface area contributed by atoms with Gasteiger partial charge in [-0.05, 0) is 29.7 Å². The zero-order chi connectivity index (χ0) is 14.9. The van der Waals surface area contributed by atoms with Crippen molar-refractivity contribution >= 4 is 33.9 Å². The Morgan fingerprint density at radius 2 is 1.76 bits per heavy atom. The van der Waals surface area contributed by atoms with E-state index >= 15 is 0 Å². The van der Waals surface area contributed by atoms with Crippen molar-refractivity contribution in [1.82, 2.24) is 5.32 Å². The van der Waals surface area contributed by atoms with E-state index in [9.17, 15) is 4.79 Å². The molecule has 2 aromatic carbocycles. The highest BCUT2D eigenvalue weighted by molar-refractivity contribution is 7.80. The van der Waals surface area contributed by atoms with E-state index in [0.717, 1.165) is 36.5 Å². The molecule has 0 bridgehead atoms. The summed E-state index contributed by atoms with van der Waals surface area (Å²) < 4.78 is 0. The molecule has 0 unspecified atom stereocenters. The van der Waals surface area contributed by atoms with Crippen molar-refractivity contribution in [3.63, 3.8) is 0 Å². The number of carbonyl (C=O) groups excluding carboxylic acids is 1. The van der Waals surface area contributed by atoms with Crippen LogP contribution in [0.2, 0.25) is 0 Å². The lowest BCUT2D eigenvalue weighted by Crippen LogP contribution is -2.54. The van der Waals surface area contributed by atoms with Crippen LogP contribution in [0.15, 0.2) is 42.5 Å². The third-order valence-corrected chi connectivity index (χ3v) is 4.71. The minimum absolute atomic E-state index is 0.0958. The van der Waals surface area contributed by atoms with Crippen molar-refractivity contribution in [3.8, 4) is 0 Å². The molecular formula is C17H18N2OS. The van der Waals surface area contributed by atoms with Crippen molar-refractivity contribution in [3.05, 3.63) is 48.0 Å². The molecule has 0 aromatic heterocycles. The Kier molecular flexibility index (Phi) is 3.64. The molecule has 0 aliphatic heterocycles. The van der Waals surface area contributed by atoms with Crippen molar-refractivity contribution in [2.75, 3.05) is 0 Å². The fourth-order valence-corrected chi connectivity index (χ4v) is 3.37. The smallest absolute Gasteiger partial charge is 0.252 e. The molecule has 2 aromatic rings. The first-order chi connectivity index (χ1) is 10.1. The molecule has 108 valence electrons. The lowest BCUT2D eigenvalue weighted by molar-refractivity contribution is 0.0926. The van der Waals surface area contributed by atoms with Gasteiger partial charge >= 0.3 is 0 Å². The molecular weight excluding hydrogens is 280 g/mol. The maximum Gasteiger partial charge on any atom is 0.252 e. The van der Waals surface area contributed by atoms with Gasteiger partial charge in [-0.1, -0.05) is 61.5 Å². The summed E-state index contributed by atoms with van der Waals surface area (Å²) in [6, 6.07) is 13.6. The normalized spacial score (nSPS) is 16.8. The zero-order valence-electron chi connectivity index (χ0n) is 11.8. The summed E-state index contributed by atoms with van der Waals surface area (Å²) in [5.41, 5.74) is 6.05. The predicted octanol–water partition coefficient (Wildman–Crippen LogP) is 3.17. The summed E-state index contributed by atoms with van der Waals surface area (Å²) in [6.07, 6.45) is 3.76. The first-order valence-corrected chi connectivity index (χ1v) is 7.63. The molecule has 0 heterocycles. The lowest BCUT2D eigenvalue weighted by Gasteiger charge is -2.29. The Balaban J connectivity index is 1.96. The van der Waals surface area contributed by atoms with Crippen LogP contribution in [0, 0.1) is 0 Å². The standard InChI is InChI=1S/C17H18N2OS/c18-16(21)17(10-3-4-11-17)19-15(20)14-9-5-7-12-6-1-2-8-13(12)14/h1-2,5-9H,3-4,10-11H2,(H2,18,21)(H,19,20). The van der Waals surface area contributed by atoms with Gasteiger partial charge < -0.3 is 11.1 Å². The summed E-state index contributed by atoms with van der Waals surface area (Å²) >= 11 is 5.19. The minimum atomic E-state index is -0.511. The quantitative estimate of drug-likeness (QED) is 0.856. The fraction of sp³-hybridized carbons (Fsp3) is 0.294. The van der Waals surface area contributed by atoms with E-state index in [4.69, 9.17) is 18.0 Å². The molecule has 3 N–H and O–H groups in total. The molecule has 0 spiro atoms. The van der Waals surface area contributed by atoms with Crippen LogP contribution >= 0.6 is 12.2 Å². The molecule has 3 nitrogen and oxygen atoms in total. The fourth-order valence-electron chi connectivity index (χ4n) is 3.12. The maximum absolute atomic E-state index is 12.7. The number of carbonyl (C=O) groups is 1. The second-order valence-corrected chi connectivity index (χ2v) is 6.07. The number of nitrogens with one attached hydrogen (secondary N) is 1. The number of benzene rings is 2. The first-order valence-electron chi connectivity index (χ1n) is 7.23. The average molecular weight is 298 g/mol. The van der Waals surface area contributed by atoms with Crippen molar-refractivity contribution in [2.45, 2.75) is 31.2 Å². The van der Waals surface area contributed by atoms with Gasteiger partial charge in [-0.15, -0.1) is 0 Å². The summed E-state index contributed by atoms with van der Waals surface area (Å²) in [6.45, 7) is 0. The molecule has 21 heavy (non-hydrogen) atoms. The molecule has 0 radical (unpaired) electrons. The van der Waals surface area contributed by atoms with Crippen LogP contribution in [0.1, 0.15) is 36.0 Å². The van der Waals surface area contributed by atoms with E-state index in [0.29, 0.717) is 10.6 Å². The molecule has 0 atom stereocenters. The van der Waals surface area contributed by atoms with Gasteiger partial charge in [0.2, 0.25) is 0 Å². The Labute approximate surface area is 129 Å². The summed E-state index contributed by atoms with van der Waals surface area (Å²) in [4.78, 5) is 13.1. The largest absolute Gasteiger partial charge is 0.391 e. The van der Waals surface area contributed by atoms with Crippen LogP contribution in [0.5, 0.6) is 0 Å². The third kappa shape index (κ3) is 2.51. The summed E-state index contributed by atoms with van der Waals surface area (Å²) in [7, 11) is 0. The van der Waals surface area contributed by atoms with Gasteiger partial charge in [-0.2, -0.15) is 0 Å². The van der Waals surface area contributed by atoms with Gasteiger partial charge in [-0.3, -0.25) is 4.79 Å². The van der Waals surface area contributed by atoms with Crippen LogP contribution < -0.4 is 11.1 Å². The molecule has 1 amide bonds. The lowest BCUT2D eigenvalue weighted by atomic mass is 9.96. The number of amides is 1. The Hall–Kier alpha value is -1.94. The molecule has 1 aliphatic rings. The molecule has 3 rings (SSSR count). The number of thiocarbonyl (C=S) groups is 1. The van der Waals surface area contributed by atoms with Gasteiger partial charge in [0.05, 0.1) is 10.5 Å². The summed E-state index contributed by atoms with van der Waals surface area (Å²) in [5, 5.41) is 5.10. The van der Waals surface area contributed by atoms with Crippen molar-refractivity contribution in [2.24, 2.45) is 5.73 Å². The van der Waals surface area contributed by atoms with E-state index < -0.39 is 5.54 Å². The predicted molar refractivity (Wildman–Crippen MR) is 89.4 cm³/mol. The second-order valence-electron chi connectivity index (χ2n) is 5.63. The van der Waals surface area contributed by atoms with Crippen LogP contribution in [-0.4, -0.2) is 16.4 Å². The Bertz CT molecular complexity index is 700. The number of rotatable bonds is 3. The monoisotopic (exact) mass is 298 g/mol. The molecule has 4 heteroatoms. The molecule has 1 aliphatic carbocycles. The molecule has 1 saturated carbocycles. The molecule has 0 saturated heterocycles. The minimum Gasteiger partial charge on any atom is -0.391 e. The van der Waals surface area contributed by atoms with E-state index in [-0.39, 0.29) is 5.91 Å². The van der Waals surface area contributed by atoms with Gasteiger partial charge in [0.1, 0.15) is 0 Å². The molecule has 1 fully saturated rings. The first kappa shape index (κ1) is 14.0. The third-order valence-electron chi connectivity index (χ3n) is 4.32. The van der Waals surface area contributed by atoms with Gasteiger partial charge in [0.25, 0.3) is 5.91 Å². The maximum atomic E-state index is 12.7. The van der Waals surface area contributed by atoms with Crippen LogP contribution in [0.4, 0.5) is 0 Å². The number of hydrogen-bond donors (Lipinski definition) is 2. The highest BCUT2D eigenvalue weighted by atomic mass is 32.1. The highest BCUT2D eigenvalue weighted by Crippen LogP contribution is 2.31. The highest BCUT2D eigenvalue weighted by Gasteiger charge is 2.38.